The molecule has 0 fully saturated rings. The molecule has 0 aromatic heterocycles. The quantitative estimate of drug-likeness (QED) is 0.178. The van der Waals surface area contributed by atoms with Crippen molar-refractivity contribution in [2.24, 2.45) is 10.8 Å². The zero-order valence-electron chi connectivity index (χ0n) is 33.5. The third-order valence-corrected chi connectivity index (χ3v) is 32.7. The summed E-state index contributed by atoms with van der Waals surface area (Å²) in [6.45, 7) is 34.4. The molecule has 0 bridgehead atoms. The van der Waals surface area contributed by atoms with Crippen molar-refractivity contribution in [1.82, 2.24) is 0 Å². The molecule has 261 valence electrons. The maximum absolute atomic E-state index is 2.71. The van der Waals surface area contributed by atoms with E-state index in [1.54, 1.807) is 22.3 Å². The zero-order chi connectivity index (χ0) is 36.6. The van der Waals surface area contributed by atoms with E-state index in [-0.39, 0.29) is 21.7 Å². The molecular weight excluding hydrogens is 696 g/mol. The predicted molar refractivity (Wildman–Crippen MR) is 220 cm³/mol. The van der Waals surface area contributed by atoms with Crippen LogP contribution in [0.3, 0.4) is 0 Å². The molecule has 0 saturated heterocycles. The first-order chi connectivity index (χ1) is 23.2. The summed E-state index contributed by atoms with van der Waals surface area (Å²) < 4.78 is 1.15. The number of hydrogen-bond acceptors (Lipinski definition) is 0. The van der Waals surface area contributed by atoms with E-state index in [0.29, 0.717) is 7.25 Å². The van der Waals surface area contributed by atoms with Crippen LogP contribution in [0.1, 0.15) is 124 Å². The Labute approximate surface area is 313 Å². The van der Waals surface area contributed by atoms with Crippen molar-refractivity contribution >= 4 is 18.1 Å². The molecule has 0 heterocycles. The van der Waals surface area contributed by atoms with E-state index >= 15 is 0 Å². The van der Waals surface area contributed by atoms with Crippen molar-refractivity contribution < 1.29 is 20.9 Å². The van der Waals surface area contributed by atoms with Gasteiger partial charge in [-0.3, -0.25) is 0 Å². The molecule has 0 saturated carbocycles. The van der Waals surface area contributed by atoms with E-state index in [9.17, 15) is 0 Å². The molecule has 50 heavy (non-hydrogen) atoms. The molecule has 0 nitrogen and oxygen atoms in total. The first-order valence-electron chi connectivity index (χ1n) is 19.0. The van der Waals surface area contributed by atoms with Crippen LogP contribution in [0, 0.1) is 10.8 Å². The molecule has 2 atom stereocenters. The van der Waals surface area contributed by atoms with E-state index < -0.39 is 26.8 Å². The number of rotatable bonds is 5. The van der Waals surface area contributed by atoms with Gasteiger partial charge in [-0.1, -0.05) is 0 Å². The number of benzene rings is 4. The van der Waals surface area contributed by atoms with E-state index in [4.69, 9.17) is 0 Å². The second-order valence-electron chi connectivity index (χ2n) is 19.4. The number of hydrogen-bond donors (Lipinski definition) is 0. The molecule has 0 amide bonds. The van der Waals surface area contributed by atoms with Gasteiger partial charge in [0.2, 0.25) is 0 Å². The first kappa shape index (κ1) is 37.2. The van der Waals surface area contributed by atoms with Crippen LogP contribution in [0.2, 0.25) is 13.1 Å². The number of allylic oxidation sites excluding steroid dienone is 2. The maximum atomic E-state index is 2.71. The van der Waals surface area contributed by atoms with Gasteiger partial charge >= 0.3 is 316 Å². The first-order valence-corrected chi connectivity index (χ1v) is 29.0. The SMILES string of the molecule is C[SiH](C)[Zr]([CH]1C(C(C)(C)C)=Cc2c(-c3ccccc3C(C)(C)C)cccc21)[CH]1C(C(C)(C)C)=Cc2c(-c3ccccc3C(C)(C)C)cccc21. The minimum atomic E-state index is -2.38. The summed E-state index contributed by atoms with van der Waals surface area (Å²) in [7, 11) is 0. The summed E-state index contributed by atoms with van der Waals surface area (Å²) in [6, 6.07) is 33.0. The molecule has 0 radical (unpaired) electrons. The van der Waals surface area contributed by atoms with Gasteiger partial charge in [0.1, 0.15) is 0 Å². The van der Waals surface area contributed by atoms with Crippen molar-refractivity contribution in [3.05, 3.63) is 129 Å². The standard InChI is InChI=1S/2C23H27.C2H7Si.Zr/c2*1-22(2,3)17-14-16-10-9-12-18(20(16)15-17)19-11-7-8-13-21(19)23(4,5)6;1-3-2;/h2*7-15H,1-6H3;3H,1-2H3;. The monoisotopic (exact) mass is 755 g/mol. The topological polar surface area (TPSA) is 0 Å². The molecule has 2 aliphatic carbocycles. The van der Waals surface area contributed by atoms with Gasteiger partial charge in [0.05, 0.1) is 0 Å². The van der Waals surface area contributed by atoms with Gasteiger partial charge in [0.25, 0.3) is 0 Å². The Balaban J connectivity index is 1.60. The third kappa shape index (κ3) is 6.74. The van der Waals surface area contributed by atoms with Gasteiger partial charge < -0.3 is 0 Å². The summed E-state index contributed by atoms with van der Waals surface area (Å²) in [5.41, 5.74) is 18.5. The van der Waals surface area contributed by atoms with Crippen molar-refractivity contribution in [2.75, 3.05) is 0 Å². The van der Waals surface area contributed by atoms with Gasteiger partial charge in [-0.2, -0.15) is 0 Å². The van der Waals surface area contributed by atoms with Gasteiger partial charge in [-0.15, -0.1) is 0 Å². The van der Waals surface area contributed by atoms with Gasteiger partial charge in [0, 0.05) is 0 Å². The second-order valence-corrected chi connectivity index (χ2v) is 39.5. The Morgan fingerprint density at radius 3 is 1.08 bits per heavy atom. The molecule has 2 aliphatic rings. The van der Waals surface area contributed by atoms with Crippen LogP contribution in [0.4, 0.5) is 0 Å². The van der Waals surface area contributed by atoms with Gasteiger partial charge in [-0.25, -0.2) is 0 Å². The van der Waals surface area contributed by atoms with Crippen LogP contribution in [0.5, 0.6) is 0 Å². The normalized spacial score (nSPS) is 17.8. The molecule has 2 heteroatoms. The molecule has 4 aromatic carbocycles. The van der Waals surface area contributed by atoms with Crippen LogP contribution in [-0.2, 0) is 31.7 Å². The van der Waals surface area contributed by atoms with Crippen LogP contribution < -0.4 is 0 Å². The fourth-order valence-corrected chi connectivity index (χ4v) is 32.4. The van der Waals surface area contributed by atoms with Crippen LogP contribution >= 0.6 is 0 Å². The Kier molecular flexibility index (Phi) is 9.79. The van der Waals surface area contributed by atoms with Crippen molar-refractivity contribution in [3.63, 3.8) is 0 Å². The summed E-state index contributed by atoms with van der Waals surface area (Å²) in [5.74, 6) is -1.07. The third-order valence-electron chi connectivity index (χ3n) is 11.2. The molecule has 0 N–H and O–H groups in total. The van der Waals surface area contributed by atoms with Gasteiger partial charge in [-0.05, 0) is 0 Å². The Bertz CT molecular complexity index is 1840. The van der Waals surface area contributed by atoms with E-state index in [2.05, 4.69) is 193 Å². The van der Waals surface area contributed by atoms with Crippen molar-refractivity contribution in [1.29, 1.82) is 0 Å². The van der Waals surface area contributed by atoms with Crippen LogP contribution in [0.15, 0.2) is 96.1 Å². The molecular formula is C48H61SiZr. The molecule has 2 unspecified atom stereocenters. The Hall–Kier alpha value is -2.54. The van der Waals surface area contributed by atoms with E-state index in [1.165, 1.54) is 44.5 Å². The second kappa shape index (κ2) is 13.1. The minimum absolute atomic E-state index is 0.0724. The average Bonchev–Trinajstić information content (AvgIpc) is 3.60. The average molecular weight is 757 g/mol. The summed E-state index contributed by atoms with van der Waals surface area (Å²) in [6.07, 6.45) is 5.36. The summed E-state index contributed by atoms with van der Waals surface area (Å²) >= 11 is -2.38. The van der Waals surface area contributed by atoms with Crippen LogP contribution in [0.25, 0.3) is 34.4 Å². The van der Waals surface area contributed by atoms with E-state index in [0.717, 1.165) is 0 Å². The van der Waals surface area contributed by atoms with Gasteiger partial charge in [0.15, 0.2) is 0 Å². The summed E-state index contributed by atoms with van der Waals surface area (Å²) in [4.78, 5) is 0. The summed E-state index contributed by atoms with van der Waals surface area (Å²) in [5, 5.41) is 0. The zero-order valence-corrected chi connectivity index (χ0v) is 37.1. The van der Waals surface area contributed by atoms with Crippen LogP contribution in [-0.4, -0.2) is 5.92 Å². The van der Waals surface area contributed by atoms with Crippen molar-refractivity contribution in [2.45, 2.75) is 114 Å². The molecule has 0 spiro atoms. The molecule has 6 rings (SSSR count). The Morgan fingerprint density at radius 1 is 0.420 bits per heavy atom. The van der Waals surface area contributed by atoms with Crippen molar-refractivity contribution in [3.8, 4) is 22.3 Å². The fraction of sp³-hybridized carbons (Fsp3) is 0.417. The predicted octanol–water partition coefficient (Wildman–Crippen LogP) is 13.9. The number of fused-ring (bicyclic) bond motifs is 2. The molecule has 0 aliphatic heterocycles. The Morgan fingerprint density at radius 2 is 0.760 bits per heavy atom. The fourth-order valence-electron chi connectivity index (χ4n) is 8.87. The van der Waals surface area contributed by atoms with E-state index in [1.807, 2.05) is 0 Å². The molecule has 4 aromatic rings.